The van der Waals surface area contributed by atoms with Crippen molar-refractivity contribution in [2.45, 2.75) is 45.1 Å². The molecule has 0 aromatic carbocycles. The van der Waals surface area contributed by atoms with Crippen molar-refractivity contribution in [2.24, 2.45) is 0 Å². The first-order valence-electron chi connectivity index (χ1n) is 7.77. The SMILES string of the molecule is CCN(CCO)C(=O)c1ccnc(OC2CCCCC2)c1. The maximum Gasteiger partial charge on any atom is 0.254 e. The number of hydrogen-bond donors (Lipinski definition) is 1. The summed E-state index contributed by atoms with van der Waals surface area (Å²) in [5.74, 6) is 0.426. The van der Waals surface area contributed by atoms with Crippen molar-refractivity contribution >= 4 is 5.91 Å². The molecule has 0 atom stereocenters. The number of nitrogens with zero attached hydrogens (tertiary/aromatic N) is 2. The summed E-state index contributed by atoms with van der Waals surface area (Å²) >= 11 is 0. The molecule has 1 aromatic heterocycles. The molecule has 1 aromatic rings. The molecule has 5 nitrogen and oxygen atoms in total. The number of amides is 1. The smallest absolute Gasteiger partial charge is 0.254 e. The summed E-state index contributed by atoms with van der Waals surface area (Å²) < 4.78 is 5.89. The lowest BCUT2D eigenvalue weighted by molar-refractivity contribution is 0.0730. The van der Waals surface area contributed by atoms with E-state index in [9.17, 15) is 4.79 Å². The highest BCUT2D eigenvalue weighted by molar-refractivity contribution is 5.94. The molecule has 0 unspecified atom stereocenters. The fraction of sp³-hybridized carbons (Fsp3) is 0.625. The van der Waals surface area contributed by atoms with Crippen LogP contribution in [0.3, 0.4) is 0 Å². The summed E-state index contributed by atoms with van der Waals surface area (Å²) in [6, 6.07) is 3.40. The van der Waals surface area contributed by atoms with Crippen LogP contribution in [0, 0.1) is 0 Å². The first-order valence-corrected chi connectivity index (χ1v) is 7.77. The third kappa shape index (κ3) is 4.43. The molecule has 1 N–H and O–H groups in total. The molecule has 0 spiro atoms. The molecule has 0 saturated heterocycles. The van der Waals surface area contributed by atoms with Crippen LogP contribution in [-0.2, 0) is 0 Å². The largest absolute Gasteiger partial charge is 0.474 e. The molecular weight excluding hydrogens is 268 g/mol. The Hall–Kier alpha value is -1.62. The standard InChI is InChI=1S/C16H24N2O3/c1-2-18(10-11-19)16(20)13-8-9-17-15(12-13)21-14-6-4-3-5-7-14/h8-9,12,14,19H,2-7,10-11H2,1H3. The van der Waals surface area contributed by atoms with E-state index in [0.717, 1.165) is 12.8 Å². The van der Waals surface area contributed by atoms with Gasteiger partial charge >= 0.3 is 0 Å². The predicted octanol–water partition coefficient (Wildman–Crippen LogP) is 2.25. The summed E-state index contributed by atoms with van der Waals surface area (Å²) in [5.41, 5.74) is 0.561. The minimum Gasteiger partial charge on any atom is -0.474 e. The fourth-order valence-corrected chi connectivity index (χ4v) is 2.67. The summed E-state index contributed by atoms with van der Waals surface area (Å²) in [7, 11) is 0. The zero-order chi connectivity index (χ0) is 15.1. The maximum atomic E-state index is 12.3. The summed E-state index contributed by atoms with van der Waals surface area (Å²) in [4.78, 5) is 18.2. The van der Waals surface area contributed by atoms with Crippen LogP contribution >= 0.6 is 0 Å². The first-order chi connectivity index (χ1) is 10.2. The second-order valence-corrected chi connectivity index (χ2v) is 5.37. The van der Waals surface area contributed by atoms with E-state index in [1.165, 1.54) is 19.3 Å². The summed E-state index contributed by atoms with van der Waals surface area (Å²) in [5, 5.41) is 9.00. The molecule has 5 heteroatoms. The molecule has 0 aliphatic heterocycles. The molecular formula is C16H24N2O3. The Morgan fingerprint density at radius 3 is 2.86 bits per heavy atom. The summed E-state index contributed by atoms with van der Waals surface area (Å²) in [6.45, 7) is 2.78. The molecule has 2 rings (SSSR count). The van der Waals surface area contributed by atoms with Crippen LogP contribution in [0.5, 0.6) is 5.88 Å². The van der Waals surface area contributed by atoms with E-state index in [0.29, 0.717) is 24.5 Å². The maximum absolute atomic E-state index is 12.3. The van der Waals surface area contributed by atoms with E-state index >= 15 is 0 Å². The number of pyridine rings is 1. The van der Waals surface area contributed by atoms with Crippen LogP contribution in [0.2, 0.25) is 0 Å². The predicted molar refractivity (Wildman–Crippen MR) is 80.4 cm³/mol. The van der Waals surface area contributed by atoms with Gasteiger partial charge in [-0.3, -0.25) is 4.79 Å². The zero-order valence-corrected chi connectivity index (χ0v) is 12.6. The molecule has 1 saturated carbocycles. The van der Waals surface area contributed by atoms with Gasteiger partial charge in [-0.25, -0.2) is 4.98 Å². The number of likely N-dealkylation sites (N-methyl/N-ethyl adjacent to an activating group) is 1. The quantitative estimate of drug-likeness (QED) is 0.873. The van der Waals surface area contributed by atoms with Crippen molar-refractivity contribution in [1.82, 2.24) is 9.88 Å². The van der Waals surface area contributed by atoms with Gasteiger partial charge in [0.2, 0.25) is 5.88 Å². The lowest BCUT2D eigenvalue weighted by atomic mass is 9.98. The molecule has 1 heterocycles. The number of hydrogen-bond acceptors (Lipinski definition) is 4. The van der Waals surface area contributed by atoms with Gasteiger partial charge in [-0.1, -0.05) is 6.42 Å². The highest BCUT2D eigenvalue weighted by Gasteiger charge is 2.18. The minimum absolute atomic E-state index is 0.0317. The van der Waals surface area contributed by atoms with E-state index in [2.05, 4.69) is 4.98 Å². The van der Waals surface area contributed by atoms with Gasteiger partial charge in [0.15, 0.2) is 0 Å². The molecule has 1 amide bonds. The zero-order valence-electron chi connectivity index (χ0n) is 12.6. The number of aliphatic hydroxyl groups is 1. The van der Waals surface area contributed by atoms with Gasteiger partial charge in [-0.2, -0.15) is 0 Å². The highest BCUT2D eigenvalue weighted by atomic mass is 16.5. The Balaban J connectivity index is 2.03. The van der Waals surface area contributed by atoms with Crippen molar-refractivity contribution in [1.29, 1.82) is 0 Å². The van der Waals surface area contributed by atoms with Gasteiger partial charge in [-0.15, -0.1) is 0 Å². The number of carbonyl (C=O) groups excluding carboxylic acids is 1. The number of ether oxygens (including phenoxy) is 1. The van der Waals surface area contributed by atoms with Crippen LogP contribution < -0.4 is 4.74 Å². The normalized spacial score (nSPS) is 15.7. The third-order valence-electron chi connectivity index (χ3n) is 3.86. The van der Waals surface area contributed by atoms with Crippen LogP contribution in [0.25, 0.3) is 0 Å². The van der Waals surface area contributed by atoms with Gasteiger partial charge in [0.1, 0.15) is 6.10 Å². The van der Waals surface area contributed by atoms with E-state index in [4.69, 9.17) is 9.84 Å². The minimum atomic E-state index is -0.0950. The topological polar surface area (TPSA) is 62.7 Å². The monoisotopic (exact) mass is 292 g/mol. The second-order valence-electron chi connectivity index (χ2n) is 5.37. The highest BCUT2D eigenvalue weighted by Crippen LogP contribution is 2.22. The molecule has 0 bridgehead atoms. The van der Waals surface area contributed by atoms with E-state index in [1.54, 1.807) is 23.2 Å². The number of rotatable bonds is 6. The van der Waals surface area contributed by atoms with Crippen molar-refractivity contribution in [3.05, 3.63) is 23.9 Å². The van der Waals surface area contributed by atoms with E-state index < -0.39 is 0 Å². The first kappa shape index (κ1) is 15.8. The molecule has 21 heavy (non-hydrogen) atoms. The Morgan fingerprint density at radius 1 is 1.43 bits per heavy atom. The molecule has 1 aliphatic rings. The Bertz CT molecular complexity index is 459. The van der Waals surface area contributed by atoms with Gasteiger partial charge in [-0.05, 0) is 38.7 Å². The van der Waals surface area contributed by atoms with Crippen LogP contribution in [-0.4, -0.2) is 46.7 Å². The van der Waals surface area contributed by atoms with Crippen LogP contribution in [0.15, 0.2) is 18.3 Å². The third-order valence-corrected chi connectivity index (χ3v) is 3.86. The second kappa shape index (κ2) is 7.98. The lowest BCUT2D eigenvalue weighted by Gasteiger charge is -2.23. The Kier molecular flexibility index (Phi) is 5.99. The van der Waals surface area contributed by atoms with Gasteiger partial charge in [0.25, 0.3) is 5.91 Å². The molecule has 0 radical (unpaired) electrons. The number of aromatic nitrogens is 1. The molecule has 116 valence electrons. The van der Waals surface area contributed by atoms with Crippen molar-refractivity contribution < 1.29 is 14.6 Å². The van der Waals surface area contributed by atoms with Gasteiger partial charge in [0.05, 0.1) is 6.61 Å². The Morgan fingerprint density at radius 2 is 2.19 bits per heavy atom. The van der Waals surface area contributed by atoms with Crippen molar-refractivity contribution in [3.63, 3.8) is 0 Å². The average Bonchev–Trinajstić information content (AvgIpc) is 2.53. The van der Waals surface area contributed by atoms with Gasteiger partial charge < -0.3 is 14.7 Å². The summed E-state index contributed by atoms with van der Waals surface area (Å²) in [6.07, 6.45) is 7.62. The fourth-order valence-electron chi connectivity index (χ4n) is 2.67. The lowest BCUT2D eigenvalue weighted by Crippen LogP contribution is -2.33. The average molecular weight is 292 g/mol. The number of aliphatic hydroxyl groups excluding tert-OH is 1. The molecule has 1 aliphatic carbocycles. The van der Waals surface area contributed by atoms with E-state index in [-0.39, 0.29) is 18.6 Å². The van der Waals surface area contributed by atoms with Crippen molar-refractivity contribution in [3.8, 4) is 5.88 Å². The van der Waals surface area contributed by atoms with Crippen LogP contribution in [0.4, 0.5) is 0 Å². The molecule has 1 fully saturated rings. The van der Waals surface area contributed by atoms with Crippen LogP contribution in [0.1, 0.15) is 49.4 Å². The number of carbonyl (C=O) groups is 1. The Labute approximate surface area is 125 Å². The van der Waals surface area contributed by atoms with Gasteiger partial charge in [0, 0.05) is 30.9 Å². The van der Waals surface area contributed by atoms with Crippen molar-refractivity contribution in [2.75, 3.05) is 19.7 Å². The van der Waals surface area contributed by atoms with E-state index in [1.807, 2.05) is 6.92 Å².